The van der Waals surface area contributed by atoms with Crippen molar-refractivity contribution in [1.82, 2.24) is 14.5 Å². The van der Waals surface area contributed by atoms with Crippen LogP contribution in [0.1, 0.15) is 12.6 Å². The number of rotatable bonds is 5. The SMILES string of the molecule is C=Nc1nc(C)c(-c2csc(Nc3ccc(Cl)cc3)n2)n1/C=C\C. The van der Waals surface area contributed by atoms with E-state index in [2.05, 4.69) is 27.0 Å². The minimum atomic E-state index is 0.556. The molecule has 0 bridgehead atoms. The highest BCUT2D eigenvalue weighted by molar-refractivity contribution is 7.14. The molecule has 0 unspecified atom stereocenters. The lowest BCUT2D eigenvalue weighted by atomic mass is 10.3. The Labute approximate surface area is 149 Å². The third kappa shape index (κ3) is 3.25. The Balaban J connectivity index is 1.94. The summed E-state index contributed by atoms with van der Waals surface area (Å²) < 4.78 is 1.89. The molecule has 3 aromatic rings. The summed E-state index contributed by atoms with van der Waals surface area (Å²) in [5.74, 6) is 0.556. The highest BCUT2D eigenvalue weighted by Gasteiger charge is 2.16. The maximum atomic E-state index is 5.91. The Morgan fingerprint density at radius 3 is 2.71 bits per heavy atom. The van der Waals surface area contributed by atoms with Gasteiger partial charge in [0.05, 0.1) is 11.4 Å². The van der Waals surface area contributed by atoms with Crippen LogP contribution >= 0.6 is 22.9 Å². The minimum absolute atomic E-state index is 0.556. The molecule has 0 saturated heterocycles. The number of hydrogen-bond donors (Lipinski definition) is 1. The molecule has 24 heavy (non-hydrogen) atoms. The van der Waals surface area contributed by atoms with Gasteiger partial charge in [0.25, 0.3) is 0 Å². The van der Waals surface area contributed by atoms with Gasteiger partial charge in [-0.15, -0.1) is 11.3 Å². The second-order valence-corrected chi connectivity index (χ2v) is 6.32. The number of aliphatic imine (C=N–C) groups is 1. The molecule has 2 aromatic heterocycles. The molecule has 0 spiro atoms. The highest BCUT2D eigenvalue weighted by atomic mass is 35.5. The van der Waals surface area contributed by atoms with Gasteiger partial charge in [-0.25, -0.2) is 15.0 Å². The Morgan fingerprint density at radius 1 is 1.29 bits per heavy atom. The smallest absolute Gasteiger partial charge is 0.233 e. The van der Waals surface area contributed by atoms with Crippen LogP contribution in [0.4, 0.5) is 16.8 Å². The summed E-state index contributed by atoms with van der Waals surface area (Å²) in [6.07, 6.45) is 3.84. The van der Waals surface area contributed by atoms with Crippen LogP contribution in [0.5, 0.6) is 0 Å². The third-order valence-electron chi connectivity index (χ3n) is 3.35. The van der Waals surface area contributed by atoms with Gasteiger partial charge in [0, 0.05) is 22.3 Å². The topological polar surface area (TPSA) is 55.1 Å². The van der Waals surface area contributed by atoms with E-state index in [4.69, 9.17) is 11.6 Å². The van der Waals surface area contributed by atoms with Crippen molar-refractivity contribution in [3.63, 3.8) is 0 Å². The van der Waals surface area contributed by atoms with E-state index in [0.717, 1.165) is 27.9 Å². The van der Waals surface area contributed by atoms with Gasteiger partial charge < -0.3 is 5.32 Å². The van der Waals surface area contributed by atoms with Crippen LogP contribution in [0.2, 0.25) is 5.02 Å². The predicted octanol–water partition coefficient (Wildman–Crippen LogP) is 5.53. The quantitative estimate of drug-likeness (QED) is 0.610. The first kappa shape index (κ1) is 16.4. The number of imidazole rings is 1. The molecule has 0 fully saturated rings. The van der Waals surface area contributed by atoms with E-state index in [0.29, 0.717) is 11.0 Å². The lowest BCUT2D eigenvalue weighted by Gasteiger charge is -2.03. The fourth-order valence-corrected chi connectivity index (χ4v) is 3.18. The largest absolute Gasteiger partial charge is 0.332 e. The van der Waals surface area contributed by atoms with Crippen molar-refractivity contribution in [3.05, 3.63) is 46.4 Å². The normalized spacial score (nSPS) is 11.1. The van der Waals surface area contributed by atoms with Crippen molar-refractivity contribution < 1.29 is 0 Å². The highest BCUT2D eigenvalue weighted by Crippen LogP contribution is 2.32. The molecule has 0 aliphatic carbocycles. The van der Waals surface area contributed by atoms with Crippen LogP contribution in [0, 0.1) is 6.92 Å². The zero-order valence-electron chi connectivity index (χ0n) is 13.3. The number of aryl methyl sites for hydroxylation is 1. The summed E-state index contributed by atoms with van der Waals surface area (Å²) >= 11 is 7.44. The zero-order valence-corrected chi connectivity index (χ0v) is 14.9. The Hall–Kier alpha value is -2.44. The molecule has 7 heteroatoms. The summed E-state index contributed by atoms with van der Waals surface area (Å²) in [5, 5.41) is 6.78. The first-order valence-electron chi connectivity index (χ1n) is 7.29. The Morgan fingerprint density at radius 2 is 2.04 bits per heavy atom. The number of halogens is 1. The number of aromatic nitrogens is 3. The van der Waals surface area contributed by atoms with Gasteiger partial charge in [-0.1, -0.05) is 17.7 Å². The van der Waals surface area contributed by atoms with Crippen LogP contribution < -0.4 is 5.32 Å². The summed E-state index contributed by atoms with van der Waals surface area (Å²) in [6.45, 7) is 7.47. The van der Waals surface area contributed by atoms with E-state index >= 15 is 0 Å². The molecular formula is C17H16ClN5S. The van der Waals surface area contributed by atoms with Gasteiger partial charge in [0.2, 0.25) is 5.95 Å². The monoisotopic (exact) mass is 357 g/mol. The Kier molecular flexibility index (Phi) is 4.78. The van der Waals surface area contributed by atoms with Crippen LogP contribution in [0.3, 0.4) is 0 Å². The van der Waals surface area contributed by atoms with Gasteiger partial charge in [-0.05, 0) is 44.8 Å². The van der Waals surface area contributed by atoms with Crippen LogP contribution in [-0.2, 0) is 0 Å². The molecule has 0 saturated carbocycles. The number of anilines is 2. The molecule has 2 heterocycles. The zero-order chi connectivity index (χ0) is 17.1. The molecule has 0 amide bonds. The first-order valence-corrected chi connectivity index (χ1v) is 8.55. The molecule has 0 radical (unpaired) electrons. The van der Waals surface area contributed by atoms with E-state index in [9.17, 15) is 0 Å². The van der Waals surface area contributed by atoms with Crippen molar-refractivity contribution in [2.75, 3.05) is 5.32 Å². The maximum Gasteiger partial charge on any atom is 0.233 e. The van der Waals surface area contributed by atoms with Crippen molar-refractivity contribution in [1.29, 1.82) is 0 Å². The molecule has 0 aliphatic rings. The minimum Gasteiger partial charge on any atom is -0.332 e. The van der Waals surface area contributed by atoms with E-state index in [1.165, 1.54) is 11.3 Å². The summed E-state index contributed by atoms with van der Waals surface area (Å²) in [7, 11) is 0. The number of benzene rings is 1. The lowest BCUT2D eigenvalue weighted by molar-refractivity contribution is 1.11. The summed E-state index contributed by atoms with van der Waals surface area (Å²) in [5.41, 5.74) is 3.55. The average molecular weight is 358 g/mol. The van der Waals surface area contributed by atoms with E-state index in [-0.39, 0.29) is 0 Å². The third-order valence-corrected chi connectivity index (χ3v) is 4.36. The molecule has 122 valence electrons. The standard InChI is InChI=1S/C17H16ClN5S/c1-4-9-23-15(11(2)20-16(23)19-3)14-10-24-17(22-14)21-13-7-5-12(18)6-8-13/h4-10H,3H2,1-2H3,(H,21,22)/b9-4-. The van der Waals surface area contributed by atoms with Crippen LogP contribution in [0.15, 0.2) is 40.7 Å². The van der Waals surface area contributed by atoms with Crippen LogP contribution in [-0.4, -0.2) is 21.3 Å². The van der Waals surface area contributed by atoms with Crippen molar-refractivity contribution >= 4 is 52.6 Å². The van der Waals surface area contributed by atoms with Gasteiger partial charge in [0.15, 0.2) is 5.13 Å². The molecule has 0 aliphatic heterocycles. The van der Waals surface area contributed by atoms with E-state index in [1.54, 1.807) is 0 Å². The number of thiazole rings is 1. The van der Waals surface area contributed by atoms with Crippen molar-refractivity contribution in [2.45, 2.75) is 13.8 Å². The maximum absolute atomic E-state index is 5.91. The van der Waals surface area contributed by atoms with Crippen molar-refractivity contribution in [3.8, 4) is 11.4 Å². The molecule has 5 nitrogen and oxygen atoms in total. The summed E-state index contributed by atoms with van der Waals surface area (Å²) in [4.78, 5) is 13.1. The van der Waals surface area contributed by atoms with E-state index < -0.39 is 0 Å². The fourth-order valence-electron chi connectivity index (χ4n) is 2.34. The average Bonchev–Trinajstić information content (AvgIpc) is 3.14. The molecular weight excluding hydrogens is 342 g/mol. The van der Waals surface area contributed by atoms with E-state index in [1.807, 2.05) is 60.3 Å². The molecule has 3 rings (SSSR count). The number of allylic oxidation sites excluding steroid dienone is 1. The number of nitrogens with zero attached hydrogens (tertiary/aromatic N) is 4. The van der Waals surface area contributed by atoms with Crippen molar-refractivity contribution in [2.24, 2.45) is 4.99 Å². The molecule has 1 aromatic carbocycles. The second-order valence-electron chi connectivity index (χ2n) is 5.03. The Bertz CT molecular complexity index is 892. The van der Waals surface area contributed by atoms with Gasteiger partial charge in [-0.2, -0.15) is 0 Å². The van der Waals surface area contributed by atoms with Gasteiger partial charge in [-0.3, -0.25) is 4.57 Å². The molecule has 0 atom stereocenters. The second kappa shape index (κ2) is 6.98. The van der Waals surface area contributed by atoms with Crippen LogP contribution in [0.25, 0.3) is 17.6 Å². The lowest BCUT2D eigenvalue weighted by Crippen LogP contribution is -1.93. The number of nitrogens with one attached hydrogen (secondary N) is 1. The predicted molar refractivity (Wildman–Crippen MR) is 103 cm³/mol. The number of hydrogen-bond acceptors (Lipinski definition) is 5. The summed E-state index contributed by atoms with van der Waals surface area (Å²) in [6, 6.07) is 7.51. The molecule has 1 N–H and O–H groups in total. The first-order chi connectivity index (χ1) is 11.6. The van der Waals surface area contributed by atoms with Gasteiger partial charge in [0.1, 0.15) is 5.69 Å². The fraction of sp³-hybridized carbons (Fsp3) is 0.118. The van der Waals surface area contributed by atoms with Gasteiger partial charge >= 0.3 is 0 Å².